The van der Waals surface area contributed by atoms with Crippen LogP contribution in [0.3, 0.4) is 0 Å². The van der Waals surface area contributed by atoms with Gasteiger partial charge in [0.1, 0.15) is 0 Å². The van der Waals surface area contributed by atoms with E-state index < -0.39 is 6.29 Å². The van der Waals surface area contributed by atoms with Gasteiger partial charge in [-0.15, -0.1) is 12.3 Å². The molecule has 0 radical (unpaired) electrons. The fourth-order valence-electron chi connectivity index (χ4n) is 1.60. The normalized spacial score (nSPS) is 25.5. The van der Waals surface area contributed by atoms with Crippen LogP contribution in [-0.4, -0.2) is 30.7 Å². The molecule has 3 heteroatoms. The molecule has 1 saturated heterocycles. The molecular formula is C12H20O3. The van der Waals surface area contributed by atoms with Crippen LogP contribution in [0, 0.1) is 18.3 Å². The van der Waals surface area contributed by atoms with Gasteiger partial charge in [0.05, 0.1) is 12.7 Å². The van der Waals surface area contributed by atoms with Crippen molar-refractivity contribution in [3.63, 3.8) is 0 Å². The van der Waals surface area contributed by atoms with Crippen molar-refractivity contribution in [3.05, 3.63) is 0 Å². The van der Waals surface area contributed by atoms with Crippen molar-refractivity contribution in [1.29, 1.82) is 0 Å². The maximum atomic E-state index is 9.75. The average molecular weight is 212 g/mol. The molecule has 1 heterocycles. The van der Waals surface area contributed by atoms with E-state index in [0.717, 1.165) is 25.9 Å². The van der Waals surface area contributed by atoms with Gasteiger partial charge in [0.25, 0.3) is 0 Å². The molecule has 0 bridgehead atoms. The Morgan fingerprint density at radius 2 is 2.47 bits per heavy atom. The first-order valence-electron chi connectivity index (χ1n) is 5.58. The van der Waals surface area contributed by atoms with E-state index in [1.807, 2.05) is 6.92 Å². The number of hydrogen-bond acceptors (Lipinski definition) is 3. The van der Waals surface area contributed by atoms with Crippen LogP contribution in [0.5, 0.6) is 0 Å². The molecule has 0 aromatic heterocycles. The molecule has 86 valence electrons. The standard InChI is InChI=1S/C12H20O3/c1-3-4-6-10(2)12(13)15-11-7-5-8-14-9-11/h1,10-13H,4-9H2,2H3. The van der Waals surface area contributed by atoms with E-state index in [2.05, 4.69) is 5.92 Å². The molecular weight excluding hydrogens is 192 g/mol. The molecule has 0 spiro atoms. The SMILES string of the molecule is C#CCCC(C)C(O)OC1CCCOC1. The summed E-state index contributed by atoms with van der Waals surface area (Å²) in [6.45, 7) is 3.35. The summed E-state index contributed by atoms with van der Waals surface area (Å²) in [5, 5.41) is 9.75. The Bertz CT molecular complexity index is 203. The Kier molecular flexibility index (Phi) is 5.70. The number of rotatable bonds is 5. The smallest absolute Gasteiger partial charge is 0.157 e. The number of aliphatic hydroxyl groups excluding tert-OH is 1. The predicted octanol–water partition coefficient (Wildman–Crippen LogP) is 1.55. The molecule has 1 aliphatic rings. The highest BCUT2D eigenvalue weighted by Crippen LogP contribution is 2.17. The average Bonchev–Trinajstić information content (AvgIpc) is 2.27. The van der Waals surface area contributed by atoms with Crippen LogP contribution in [0.2, 0.25) is 0 Å². The molecule has 1 rings (SSSR count). The molecule has 0 saturated carbocycles. The van der Waals surface area contributed by atoms with Crippen LogP contribution >= 0.6 is 0 Å². The Balaban J connectivity index is 2.21. The van der Waals surface area contributed by atoms with Crippen molar-refractivity contribution in [2.24, 2.45) is 5.92 Å². The zero-order valence-electron chi connectivity index (χ0n) is 9.32. The molecule has 0 amide bonds. The van der Waals surface area contributed by atoms with Crippen molar-refractivity contribution in [2.45, 2.75) is 45.0 Å². The van der Waals surface area contributed by atoms with Crippen LogP contribution in [-0.2, 0) is 9.47 Å². The highest BCUT2D eigenvalue weighted by atomic mass is 16.6. The highest BCUT2D eigenvalue weighted by molar-refractivity contribution is 4.84. The second-order valence-electron chi connectivity index (χ2n) is 4.09. The van der Waals surface area contributed by atoms with Gasteiger partial charge in [-0.25, -0.2) is 0 Å². The third kappa shape index (κ3) is 4.65. The lowest BCUT2D eigenvalue weighted by atomic mass is 10.1. The molecule has 1 N–H and O–H groups in total. The molecule has 3 atom stereocenters. The second-order valence-corrected chi connectivity index (χ2v) is 4.09. The maximum absolute atomic E-state index is 9.75. The number of ether oxygens (including phenoxy) is 2. The number of aliphatic hydroxyl groups is 1. The molecule has 0 aromatic carbocycles. The third-order valence-electron chi connectivity index (χ3n) is 2.68. The van der Waals surface area contributed by atoms with Crippen LogP contribution in [0.4, 0.5) is 0 Å². The summed E-state index contributed by atoms with van der Waals surface area (Å²) in [5.74, 6) is 2.65. The summed E-state index contributed by atoms with van der Waals surface area (Å²) >= 11 is 0. The predicted molar refractivity (Wildman–Crippen MR) is 58.2 cm³/mol. The lowest BCUT2D eigenvalue weighted by Gasteiger charge is -2.27. The van der Waals surface area contributed by atoms with Gasteiger partial charge in [0, 0.05) is 18.9 Å². The van der Waals surface area contributed by atoms with Crippen molar-refractivity contribution in [2.75, 3.05) is 13.2 Å². The number of hydrogen-bond donors (Lipinski definition) is 1. The van der Waals surface area contributed by atoms with Gasteiger partial charge in [-0.05, 0) is 19.3 Å². The highest BCUT2D eigenvalue weighted by Gasteiger charge is 2.21. The van der Waals surface area contributed by atoms with Crippen molar-refractivity contribution in [1.82, 2.24) is 0 Å². The monoisotopic (exact) mass is 212 g/mol. The maximum Gasteiger partial charge on any atom is 0.157 e. The molecule has 3 nitrogen and oxygen atoms in total. The van der Waals surface area contributed by atoms with E-state index in [1.165, 1.54) is 0 Å². The topological polar surface area (TPSA) is 38.7 Å². The first kappa shape index (κ1) is 12.5. The molecule has 15 heavy (non-hydrogen) atoms. The minimum absolute atomic E-state index is 0.0436. The lowest BCUT2D eigenvalue weighted by Crippen LogP contribution is -2.33. The van der Waals surface area contributed by atoms with E-state index in [4.69, 9.17) is 15.9 Å². The molecule has 1 aliphatic heterocycles. The van der Waals surface area contributed by atoms with Crippen molar-refractivity contribution in [3.8, 4) is 12.3 Å². The first-order valence-corrected chi connectivity index (χ1v) is 5.58. The number of terminal acetylenes is 1. The van der Waals surface area contributed by atoms with Gasteiger partial charge >= 0.3 is 0 Å². The molecule has 3 unspecified atom stereocenters. The van der Waals surface area contributed by atoms with E-state index in [0.29, 0.717) is 13.0 Å². The van der Waals surface area contributed by atoms with Crippen molar-refractivity contribution >= 4 is 0 Å². The Hall–Kier alpha value is -0.560. The fourth-order valence-corrected chi connectivity index (χ4v) is 1.60. The Morgan fingerprint density at radius 1 is 1.67 bits per heavy atom. The summed E-state index contributed by atoms with van der Waals surface area (Å²) in [7, 11) is 0. The lowest BCUT2D eigenvalue weighted by molar-refractivity contribution is -0.186. The minimum atomic E-state index is -0.718. The fraction of sp³-hybridized carbons (Fsp3) is 0.833. The van der Waals surface area contributed by atoms with E-state index in [9.17, 15) is 5.11 Å². The van der Waals surface area contributed by atoms with Gasteiger partial charge in [-0.3, -0.25) is 0 Å². The Morgan fingerprint density at radius 3 is 3.07 bits per heavy atom. The van der Waals surface area contributed by atoms with Gasteiger partial charge in [0.2, 0.25) is 0 Å². The summed E-state index contributed by atoms with van der Waals surface area (Å²) in [6, 6.07) is 0. The zero-order valence-corrected chi connectivity index (χ0v) is 9.32. The quantitative estimate of drug-likeness (QED) is 0.555. The summed E-state index contributed by atoms with van der Waals surface area (Å²) in [4.78, 5) is 0. The molecule has 0 aliphatic carbocycles. The minimum Gasteiger partial charge on any atom is -0.379 e. The molecule has 1 fully saturated rings. The van der Waals surface area contributed by atoms with Crippen molar-refractivity contribution < 1.29 is 14.6 Å². The first-order chi connectivity index (χ1) is 7.24. The second kappa shape index (κ2) is 6.84. The zero-order chi connectivity index (χ0) is 11.1. The summed E-state index contributed by atoms with van der Waals surface area (Å²) < 4.78 is 10.8. The van der Waals surface area contributed by atoms with E-state index in [1.54, 1.807) is 0 Å². The van der Waals surface area contributed by atoms with E-state index in [-0.39, 0.29) is 12.0 Å². The Labute approximate surface area is 91.8 Å². The third-order valence-corrected chi connectivity index (χ3v) is 2.68. The van der Waals surface area contributed by atoms with Crippen LogP contribution in [0.1, 0.15) is 32.6 Å². The van der Waals surface area contributed by atoms with Crippen LogP contribution < -0.4 is 0 Å². The summed E-state index contributed by atoms with van der Waals surface area (Å²) in [5.41, 5.74) is 0. The van der Waals surface area contributed by atoms with Crippen LogP contribution in [0.25, 0.3) is 0 Å². The summed E-state index contributed by atoms with van der Waals surface area (Å²) in [6.07, 6.45) is 7.96. The molecule has 0 aromatic rings. The van der Waals surface area contributed by atoms with Crippen LogP contribution in [0.15, 0.2) is 0 Å². The van der Waals surface area contributed by atoms with Gasteiger partial charge < -0.3 is 14.6 Å². The largest absolute Gasteiger partial charge is 0.379 e. The van der Waals surface area contributed by atoms with Gasteiger partial charge in [0.15, 0.2) is 6.29 Å². The van der Waals surface area contributed by atoms with E-state index >= 15 is 0 Å². The van der Waals surface area contributed by atoms with Gasteiger partial charge in [-0.2, -0.15) is 0 Å². The van der Waals surface area contributed by atoms with Gasteiger partial charge in [-0.1, -0.05) is 6.92 Å².